The molecular weight excluding hydrogens is 226 g/mol. The van der Waals surface area contributed by atoms with Gasteiger partial charge in [0.05, 0.1) is 5.92 Å². The van der Waals surface area contributed by atoms with Crippen LogP contribution in [0.25, 0.3) is 0 Å². The minimum atomic E-state index is -0.631. The van der Waals surface area contributed by atoms with Crippen LogP contribution in [0, 0.1) is 11.8 Å². The average molecular weight is 253 g/mol. The fourth-order valence-electron chi connectivity index (χ4n) is 3.63. The first-order valence-corrected chi connectivity index (χ1v) is 7.63. The molecule has 1 atom stereocenters. The molecule has 0 amide bonds. The van der Waals surface area contributed by atoms with Gasteiger partial charge in [0.15, 0.2) is 0 Å². The maximum absolute atomic E-state index is 10.9. The van der Waals surface area contributed by atoms with E-state index in [0.717, 1.165) is 12.5 Å². The van der Waals surface area contributed by atoms with Crippen molar-refractivity contribution in [2.45, 2.75) is 64.3 Å². The van der Waals surface area contributed by atoms with Crippen LogP contribution in [0.3, 0.4) is 0 Å². The van der Waals surface area contributed by atoms with Crippen LogP contribution in [0.5, 0.6) is 0 Å². The molecule has 0 aromatic rings. The molecule has 0 spiro atoms. The molecule has 3 nitrogen and oxygen atoms in total. The third-order valence-electron chi connectivity index (χ3n) is 4.83. The van der Waals surface area contributed by atoms with Crippen molar-refractivity contribution in [2.75, 3.05) is 13.1 Å². The van der Waals surface area contributed by atoms with Gasteiger partial charge in [-0.25, -0.2) is 0 Å². The zero-order valence-electron chi connectivity index (χ0n) is 11.6. The van der Waals surface area contributed by atoms with Crippen molar-refractivity contribution in [1.29, 1.82) is 0 Å². The van der Waals surface area contributed by atoms with Gasteiger partial charge in [-0.05, 0) is 64.0 Å². The summed E-state index contributed by atoms with van der Waals surface area (Å²) < 4.78 is 0. The normalized spacial score (nSPS) is 32.1. The monoisotopic (exact) mass is 253 g/mol. The van der Waals surface area contributed by atoms with Crippen LogP contribution in [0.1, 0.15) is 58.3 Å². The van der Waals surface area contributed by atoms with Gasteiger partial charge in [-0.1, -0.05) is 13.3 Å². The van der Waals surface area contributed by atoms with Gasteiger partial charge in [0, 0.05) is 6.04 Å². The van der Waals surface area contributed by atoms with Crippen molar-refractivity contribution in [3.8, 4) is 0 Å². The number of hydrogen-bond donors (Lipinski definition) is 1. The molecule has 2 rings (SSSR count). The zero-order chi connectivity index (χ0) is 13.0. The van der Waals surface area contributed by atoms with Gasteiger partial charge < -0.3 is 10.0 Å². The number of carbonyl (C=O) groups is 1. The summed E-state index contributed by atoms with van der Waals surface area (Å²) in [6.45, 7) is 4.43. The largest absolute Gasteiger partial charge is 0.481 e. The van der Waals surface area contributed by atoms with Gasteiger partial charge in [-0.3, -0.25) is 4.79 Å². The summed E-state index contributed by atoms with van der Waals surface area (Å²) in [6.07, 6.45) is 10.1. The Hall–Kier alpha value is -0.570. The third-order valence-corrected chi connectivity index (χ3v) is 4.83. The summed E-state index contributed by atoms with van der Waals surface area (Å²) in [6, 6.07) is 0.793. The summed E-state index contributed by atoms with van der Waals surface area (Å²) in [5.74, 6) is -0.146. The van der Waals surface area contributed by atoms with Gasteiger partial charge in [0.1, 0.15) is 0 Å². The van der Waals surface area contributed by atoms with E-state index in [4.69, 9.17) is 5.11 Å². The molecule has 1 heterocycles. The van der Waals surface area contributed by atoms with Gasteiger partial charge in [-0.2, -0.15) is 0 Å². The second-order valence-electron chi connectivity index (χ2n) is 6.25. The number of piperidine rings is 1. The van der Waals surface area contributed by atoms with Crippen LogP contribution < -0.4 is 0 Å². The quantitative estimate of drug-likeness (QED) is 0.836. The maximum Gasteiger partial charge on any atom is 0.306 e. The molecule has 2 aliphatic rings. The minimum absolute atomic E-state index is 0.165. The van der Waals surface area contributed by atoms with Gasteiger partial charge in [-0.15, -0.1) is 0 Å². The molecular formula is C15H27NO2. The Bertz CT molecular complexity index is 266. The first kappa shape index (κ1) is 13.9. The van der Waals surface area contributed by atoms with E-state index in [1.54, 1.807) is 0 Å². The van der Waals surface area contributed by atoms with Crippen LogP contribution in [0.4, 0.5) is 0 Å². The summed E-state index contributed by atoms with van der Waals surface area (Å²) in [4.78, 5) is 13.6. The average Bonchev–Trinajstić information content (AvgIpc) is 2.40. The lowest BCUT2D eigenvalue weighted by Gasteiger charge is -2.39. The number of likely N-dealkylation sites (tertiary alicyclic amines) is 1. The van der Waals surface area contributed by atoms with Gasteiger partial charge in [0.2, 0.25) is 0 Å². The van der Waals surface area contributed by atoms with E-state index < -0.39 is 5.97 Å². The standard InChI is InChI=1S/C15H27NO2/c1-12(15(17)18)11-13-5-7-14(8-6-13)16-9-3-2-4-10-16/h12-14H,2-11H2,1H3,(H,17,18). The van der Waals surface area contributed by atoms with E-state index in [-0.39, 0.29) is 5.92 Å². The van der Waals surface area contributed by atoms with Crippen molar-refractivity contribution >= 4 is 5.97 Å². The van der Waals surface area contributed by atoms with E-state index in [2.05, 4.69) is 4.90 Å². The van der Waals surface area contributed by atoms with Crippen molar-refractivity contribution in [3.63, 3.8) is 0 Å². The lowest BCUT2D eigenvalue weighted by Crippen LogP contribution is -2.41. The molecule has 3 heteroatoms. The van der Waals surface area contributed by atoms with Crippen LogP contribution in [0.2, 0.25) is 0 Å². The molecule has 1 saturated heterocycles. The SMILES string of the molecule is CC(CC1CCC(N2CCCCC2)CC1)C(=O)O. The Morgan fingerprint density at radius 1 is 1.17 bits per heavy atom. The smallest absolute Gasteiger partial charge is 0.306 e. The molecule has 0 aromatic carbocycles. The second kappa shape index (κ2) is 6.55. The van der Waals surface area contributed by atoms with E-state index in [1.165, 1.54) is 58.0 Å². The second-order valence-corrected chi connectivity index (χ2v) is 6.25. The Kier molecular flexibility index (Phi) is 5.04. The number of hydrogen-bond acceptors (Lipinski definition) is 2. The number of nitrogens with zero attached hydrogens (tertiary/aromatic N) is 1. The summed E-state index contributed by atoms with van der Waals surface area (Å²) in [7, 11) is 0. The molecule has 1 N–H and O–H groups in total. The van der Waals surface area contributed by atoms with Crippen LogP contribution in [0.15, 0.2) is 0 Å². The van der Waals surface area contributed by atoms with Gasteiger partial charge >= 0.3 is 5.97 Å². The molecule has 1 saturated carbocycles. The number of carboxylic acids is 1. The van der Waals surface area contributed by atoms with E-state index in [0.29, 0.717) is 5.92 Å². The molecule has 0 aromatic heterocycles. The predicted octanol–water partition coefficient (Wildman–Crippen LogP) is 3.14. The predicted molar refractivity (Wildman–Crippen MR) is 72.6 cm³/mol. The van der Waals surface area contributed by atoms with Crippen LogP contribution in [-0.4, -0.2) is 35.1 Å². The Morgan fingerprint density at radius 3 is 2.33 bits per heavy atom. The number of aliphatic carboxylic acids is 1. The highest BCUT2D eigenvalue weighted by molar-refractivity contribution is 5.69. The molecule has 1 aliphatic carbocycles. The molecule has 1 unspecified atom stereocenters. The Morgan fingerprint density at radius 2 is 1.78 bits per heavy atom. The van der Waals surface area contributed by atoms with Crippen molar-refractivity contribution in [1.82, 2.24) is 4.90 Å². The first-order valence-electron chi connectivity index (χ1n) is 7.63. The molecule has 1 aliphatic heterocycles. The Balaban J connectivity index is 1.72. The molecule has 104 valence electrons. The van der Waals surface area contributed by atoms with E-state index in [9.17, 15) is 4.79 Å². The molecule has 18 heavy (non-hydrogen) atoms. The highest BCUT2D eigenvalue weighted by atomic mass is 16.4. The molecule has 0 bridgehead atoms. The fraction of sp³-hybridized carbons (Fsp3) is 0.933. The van der Waals surface area contributed by atoms with Crippen molar-refractivity contribution in [3.05, 3.63) is 0 Å². The molecule has 2 fully saturated rings. The Labute approximate surface area is 111 Å². The van der Waals surface area contributed by atoms with E-state index in [1.807, 2.05) is 6.92 Å². The number of rotatable bonds is 4. The maximum atomic E-state index is 10.9. The topological polar surface area (TPSA) is 40.5 Å². The lowest BCUT2D eigenvalue weighted by molar-refractivity contribution is -0.141. The van der Waals surface area contributed by atoms with Gasteiger partial charge in [0.25, 0.3) is 0 Å². The first-order chi connectivity index (χ1) is 8.66. The van der Waals surface area contributed by atoms with Crippen molar-refractivity contribution in [2.24, 2.45) is 11.8 Å². The molecule has 0 radical (unpaired) electrons. The van der Waals surface area contributed by atoms with Crippen LogP contribution >= 0.6 is 0 Å². The van der Waals surface area contributed by atoms with Crippen molar-refractivity contribution < 1.29 is 9.90 Å². The number of carboxylic acid groups (broad SMARTS) is 1. The highest BCUT2D eigenvalue weighted by Gasteiger charge is 2.28. The lowest BCUT2D eigenvalue weighted by atomic mass is 9.80. The highest BCUT2D eigenvalue weighted by Crippen LogP contribution is 2.32. The summed E-state index contributed by atoms with van der Waals surface area (Å²) >= 11 is 0. The van der Waals surface area contributed by atoms with E-state index >= 15 is 0 Å². The summed E-state index contributed by atoms with van der Waals surface area (Å²) in [5, 5.41) is 8.96. The fourth-order valence-corrected chi connectivity index (χ4v) is 3.63. The zero-order valence-corrected chi connectivity index (χ0v) is 11.6. The minimum Gasteiger partial charge on any atom is -0.481 e. The van der Waals surface area contributed by atoms with Crippen LogP contribution in [-0.2, 0) is 4.79 Å². The third kappa shape index (κ3) is 3.71. The summed E-state index contributed by atoms with van der Waals surface area (Å²) in [5.41, 5.74) is 0.